The van der Waals surface area contributed by atoms with E-state index in [2.05, 4.69) is 22.6 Å². The summed E-state index contributed by atoms with van der Waals surface area (Å²) in [5, 5.41) is 8.80. The standard InChI is InChI=1S/C10H15IO2/c11-10(6-9(12)13)5-7-3-1-2-4-8(7)10/h7-8H,1-6H2,(H,12,13)/t7-,8-,10-/m1/s1. The average molecular weight is 294 g/mol. The first-order chi connectivity index (χ1) is 6.12. The summed E-state index contributed by atoms with van der Waals surface area (Å²) in [6, 6.07) is 0. The molecule has 0 spiro atoms. The maximum absolute atomic E-state index is 10.7. The molecule has 2 aliphatic rings. The van der Waals surface area contributed by atoms with E-state index in [9.17, 15) is 4.79 Å². The number of alkyl halides is 1. The summed E-state index contributed by atoms with van der Waals surface area (Å²) in [6.45, 7) is 0. The Morgan fingerprint density at radius 1 is 1.46 bits per heavy atom. The number of hydrogen-bond donors (Lipinski definition) is 1. The summed E-state index contributed by atoms with van der Waals surface area (Å²) >= 11 is 2.40. The highest BCUT2D eigenvalue weighted by molar-refractivity contribution is 14.1. The summed E-state index contributed by atoms with van der Waals surface area (Å²) in [6.07, 6.45) is 6.79. The topological polar surface area (TPSA) is 37.3 Å². The molecule has 2 rings (SSSR count). The van der Waals surface area contributed by atoms with E-state index < -0.39 is 5.97 Å². The number of aliphatic carboxylic acids is 1. The lowest BCUT2D eigenvalue weighted by molar-refractivity contribution is -0.139. The highest BCUT2D eigenvalue weighted by Gasteiger charge is 2.53. The van der Waals surface area contributed by atoms with Crippen LogP contribution in [0.4, 0.5) is 0 Å². The van der Waals surface area contributed by atoms with E-state index in [0.717, 1.165) is 12.3 Å². The van der Waals surface area contributed by atoms with Crippen LogP contribution >= 0.6 is 22.6 Å². The zero-order valence-electron chi connectivity index (χ0n) is 7.63. The maximum Gasteiger partial charge on any atom is 0.304 e. The SMILES string of the molecule is O=C(O)C[C@]1(I)C[C@H]2CCCC[C@H]21. The molecule has 0 heterocycles. The zero-order chi connectivity index (χ0) is 9.47. The smallest absolute Gasteiger partial charge is 0.304 e. The Labute approximate surface area is 92.2 Å². The van der Waals surface area contributed by atoms with E-state index in [0.29, 0.717) is 12.3 Å². The van der Waals surface area contributed by atoms with Gasteiger partial charge in [0.1, 0.15) is 0 Å². The molecule has 0 aromatic heterocycles. The van der Waals surface area contributed by atoms with Crippen LogP contribution in [0, 0.1) is 11.8 Å². The minimum absolute atomic E-state index is 0.106. The fraction of sp³-hybridized carbons (Fsp3) is 0.900. The number of carboxylic acids is 1. The molecule has 0 aliphatic heterocycles. The fourth-order valence-electron chi connectivity index (χ4n) is 3.01. The van der Waals surface area contributed by atoms with Gasteiger partial charge >= 0.3 is 5.97 Å². The highest BCUT2D eigenvalue weighted by Crippen LogP contribution is 2.58. The lowest BCUT2D eigenvalue weighted by Crippen LogP contribution is -2.51. The summed E-state index contributed by atoms with van der Waals surface area (Å²) in [5.74, 6) is 0.932. The third-order valence-corrected chi connectivity index (χ3v) is 5.24. The Morgan fingerprint density at radius 3 is 2.77 bits per heavy atom. The van der Waals surface area contributed by atoms with Crippen molar-refractivity contribution in [1.82, 2.24) is 0 Å². The van der Waals surface area contributed by atoms with Crippen molar-refractivity contribution in [3.8, 4) is 0 Å². The number of fused-ring (bicyclic) bond motifs is 1. The van der Waals surface area contributed by atoms with E-state index >= 15 is 0 Å². The molecular formula is C10H15IO2. The van der Waals surface area contributed by atoms with Gasteiger partial charge in [-0.1, -0.05) is 41.9 Å². The van der Waals surface area contributed by atoms with Crippen LogP contribution in [0.25, 0.3) is 0 Å². The van der Waals surface area contributed by atoms with Gasteiger partial charge < -0.3 is 5.11 Å². The molecule has 0 unspecified atom stereocenters. The lowest BCUT2D eigenvalue weighted by atomic mass is 9.57. The molecule has 3 atom stereocenters. The highest BCUT2D eigenvalue weighted by atomic mass is 127. The molecule has 74 valence electrons. The van der Waals surface area contributed by atoms with Crippen LogP contribution in [0.15, 0.2) is 0 Å². The van der Waals surface area contributed by atoms with Crippen molar-refractivity contribution in [3.63, 3.8) is 0 Å². The summed E-state index contributed by atoms with van der Waals surface area (Å²) < 4.78 is 0.106. The molecule has 0 aromatic rings. The van der Waals surface area contributed by atoms with Crippen LogP contribution in [-0.4, -0.2) is 14.5 Å². The predicted molar refractivity (Wildman–Crippen MR) is 59.1 cm³/mol. The average Bonchev–Trinajstić information content (AvgIpc) is 2.02. The molecule has 0 radical (unpaired) electrons. The Kier molecular flexibility index (Phi) is 2.55. The Morgan fingerprint density at radius 2 is 2.15 bits per heavy atom. The molecule has 1 N–H and O–H groups in total. The molecular weight excluding hydrogens is 279 g/mol. The molecule has 2 fully saturated rings. The van der Waals surface area contributed by atoms with E-state index in [1.807, 2.05) is 0 Å². The summed E-state index contributed by atoms with van der Waals surface area (Å²) in [4.78, 5) is 10.7. The van der Waals surface area contributed by atoms with Crippen molar-refractivity contribution in [3.05, 3.63) is 0 Å². The molecule has 2 saturated carbocycles. The van der Waals surface area contributed by atoms with Crippen LogP contribution in [0.5, 0.6) is 0 Å². The van der Waals surface area contributed by atoms with Gasteiger partial charge in [0.05, 0.1) is 6.42 Å². The fourth-order valence-corrected chi connectivity index (χ4v) is 4.73. The normalized spacial score (nSPS) is 43.5. The molecule has 0 amide bonds. The van der Waals surface area contributed by atoms with Crippen LogP contribution in [-0.2, 0) is 4.79 Å². The third kappa shape index (κ3) is 1.72. The van der Waals surface area contributed by atoms with Gasteiger partial charge in [0, 0.05) is 3.42 Å². The van der Waals surface area contributed by atoms with E-state index in [1.165, 1.54) is 25.7 Å². The van der Waals surface area contributed by atoms with Crippen LogP contribution < -0.4 is 0 Å². The second-order valence-corrected chi connectivity index (χ2v) is 6.61. The molecule has 13 heavy (non-hydrogen) atoms. The summed E-state index contributed by atoms with van der Waals surface area (Å²) in [5.41, 5.74) is 0. The largest absolute Gasteiger partial charge is 0.481 e. The van der Waals surface area contributed by atoms with Crippen molar-refractivity contribution < 1.29 is 9.90 Å². The third-order valence-electron chi connectivity index (χ3n) is 3.62. The minimum atomic E-state index is -0.626. The monoisotopic (exact) mass is 294 g/mol. The quantitative estimate of drug-likeness (QED) is 0.628. The number of rotatable bonds is 2. The van der Waals surface area contributed by atoms with E-state index in [-0.39, 0.29) is 3.42 Å². The van der Waals surface area contributed by atoms with Crippen molar-refractivity contribution in [2.75, 3.05) is 0 Å². The van der Waals surface area contributed by atoms with Crippen molar-refractivity contribution in [1.29, 1.82) is 0 Å². The molecule has 3 heteroatoms. The second-order valence-electron chi connectivity index (χ2n) is 4.46. The first kappa shape index (κ1) is 9.74. The molecule has 2 nitrogen and oxygen atoms in total. The molecule has 0 aromatic carbocycles. The van der Waals surface area contributed by atoms with Crippen molar-refractivity contribution in [2.45, 2.75) is 41.9 Å². The number of hydrogen-bond acceptors (Lipinski definition) is 1. The molecule has 0 bridgehead atoms. The van der Waals surface area contributed by atoms with Gasteiger partial charge in [-0.05, 0) is 24.7 Å². The molecule has 0 saturated heterocycles. The number of carboxylic acid groups (broad SMARTS) is 1. The van der Waals surface area contributed by atoms with Crippen LogP contribution in [0.3, 0.4) is 0 Å². The van der Waals surface area contributed by atoms with Gasteiger partial charge in [-0.15, -0.1) is 0 Å². The van der Waals surface area contributed by atoms with Crippen LogP contribution in [0.1, 0.15) is 38.5 Å². The Hall–Kier alpha value is 0.200. The van der Waals surface area contributed by atoms with Crippen molar-refractivity contribution >= 4 is 28.6 Å². The maximum atomic E-state index is 10.7. The first-order valence-electron chi connectivity index (χ1n) is 5.02. The Balaban J connectivity index is 1.98. The summed E-state index contributed by atoms with van der Waals surface area (Å²) in [7, 11) is 0. The number of halogens is 1. The number of carbonyl (C=O) groups is 1. The minimum Gasteiger partial charge on any atom is -0.481 e. The Bertz CT molecular complexity index is 229. The van der Waals surface area contributed by atoms with Gasteiger partial charge in [0.15, 0.2) is 0 Å². The lowest BCUT2D eigenvalue weighted by Gasteiger charge is -2.54. The zero-order valence-corrected chi connectivity index (χ0v) is 9.79. The van der Waals surface area contributed by atoms with E-state index in [1.54, 1.807) is 0 Å². The second kappa shape index (κ2) is 3.41. The van der Waals surface area contributed by atoms with Gasteiger partial charge in [-0.25, -0.2) is 0 Å². The van der Waals surface area contributed by atoms with Crippen molar-refractivity contribution in [2.24, 2.45) is 11.8 Å². The first-order valence-corrected chi connectivity index (χ1v) is 6.10. The predicted octanol–water partition coefficient (Wildman–Crippen LogP) is 2.85. The van der Waals surface area contributed by atoms with Gasteiger partial charge in [0.2, 0.25) is 0 Å². The van der Waals surface area contributed by atoms with Gasteiger partial charge in [-0.3, -0.25) is 4.79 Å². The van der Waals surface area contributed by atoms with Crippen LogP contribution in [0.2, 0.25) is 0 Å². The van der Waals surface area contributed by atoms with E-state index in [4.69, 9.17) is 5.11 Å². The molecule has 2 aliphatic carbocycles. The van der Waals surface area contributed by atoms with Gasteiger partial charge in [-0.2, -0.15) is 0 Å². The van der Waals surface area contributed by atoms with Gasteiger partial charge in [0.25, 0.3) is 0 Å².